The summed E-state index contributed by atoms with van der Waals surface area (Å²) in [7, 11) is 0. The summed E-state index contributed by atoms with van der Waals surface area (Å²) in [6.07, 6.45) is 6.58. The number of amides is 1. The molecule has 0 saturated carbocycles. The SMILES string of the molecule is CCCCCCCC(=O)NCC1(NC(C)(C)C)COC1. The lowest BCUT2D eigenvalue weighted by atomic mass is 9.92. The number of carbonyl (C=O) groups is 1. The summed E-state index contributed by atoms with van der Waals surface area (Å²) in [4.78, 5) is 11.8. The molecule has 20 heavy (non-hydrogen) atoms. The molecular formula is C16H32N2O2. The van der Waals surface area contributed by atoms with Crippen molar-refractivity contribution in [1.29, 1.82) is 0 Å². The second-order valence-corrected chi connectivity index (χ2v) is 7.09. The third kappa shape index (κ3) is 6.71. The van der Waals surface area contributed by atoms with Crippen LogP contribution in [0.15, 0.2) is 0 Å². The number of unbranched alkanes of at least 4 members (excludes halogenated alkanes) is 4. The fourth-order valence-corrected chi connectivity index (χ4v) is 2.61. The van der Waals surface area contributed by atoms with Gasteiger partial charge in [0.15, 0.2) is 0 Å². The average molecular weight is 284 g/mol. The van der Waals surface area contributed by atoms with Gasteiger partial charge < -0.3 is 15.4 Å². The number of hydrogen-bond acceptors (Lipinski definition) is 3. The van der Waals surface area contributed by atoms with Gasteiger partial charge in [0.05, 0.1) is 18.8 Å². The average Bonchev–Trinajstić information content (AvgIpc) is 2.31. The van der Waals surface area contributed by atoms with Crippen molar-refractivity contribution in [2.75, 3.05) is 19.8 Å². The Bertz CT molecular complexity index is 293. The number of ether oxygens (including phenoxy) is 1. The molecule has 0 aromatic carbocycles. The monoisotopic (exact) mass is 284 g/mol. The highest BCUT2D eigenvalue weighted by Crippen LogP contribution is 2.20. The number of rotatable bonds is 9. The fraction of sp³-hybridized carbons (Fsp3) is 0.938. The quantitative estimate of drug-likeness (QED) is 0.640. The van der Waals surface area contributed by atoms with E-state index in [0.29, 0.717) is 26.2 Å². The van der Waals surface area contributed by atoms with Crippen LogP contribution in [-0.2, 0) is 9.53 Å². The lowest BCUT2D eigenvalue weighted by Gasteiger charge is -2.46. The van der Waals surface area contributed by atoms with Gasteiger partial charge in [0.2, 0.25) is 5.91 Å². The summed E-state index contributed by atoms with van der Waals surface area (Å²) in [6, 6.07) is 0. The molecule has 4 nitrogen and oxygen atoms in total. The largest absolute Gasteiger partial charge is 0.377 e. The van der Waals surface area contributed by atoms with E-state index in [2.05, 4.69) is 38.3 Å². The van der Waals surface area contributed by atoms with Gasteiger partial charge in [-0.3, -0.25) is 4.79 Å². The van der Waals surface area contributed by atoms with Gasteiger partial charge in [0.25, 0.3) is 0 Å². The lowest BCUT2D eigenvalue weighted by molar-refractivity contribution is -0.124. The Hall–Kier alpha value is -0.610. The minimum atomic E-state index is -0.0733. The Labute approximate surface area is 124 Å². The van der Waals surface area contributed by atoms with Crippen LogP contribution in [-0.4, -0.2) is 36.7 Å². The van der Waals surface area contributed by atoms with Gasteiger partial charge in [-0.2, -0.15) is 0 Å². The maximum atomic E-state index is 11.8. The van der Waals surface area contributed by atoms with Gasteiger partial charge >= 0.3 is 0 Å². The van der Waals surface area contributed by atoms with E-state index in [9.17, 15) is 4.79 Å². The molecule has 0 unspecified atom stereocenters. The summed E-state index contributed by atoms with van der Waals surface area (Å²) in [5, 5.41) is 6.63. The molecule has 1 saturated heterocycles. The topological polar surface area (TPSA) is 50.4 Å². The molecule has 0 spiro atoms. The van der Waals surface area contributed by atoms with Gasteiger partial charge in [0.1, 0.15) is 0 Å². The van der Waals surface area contributed by atoms with Crippen molar-refractivity contribution in [3.05, 3.63) is 0 Å². The molecule has 4 heteroatoms. The zero-order chi connectivity index (χ0) is 15.1. The highest BCUT2D eigenvalue weighted by Gasteiger charge is 2.41. The molecule has 1 amide bonds. The maximum Gasteiger partial charge on any atom is 0.220 e. The molecule has 0 bridgehead atoms. The Morgan fingerprint density at radius 2 is 1.80 bits per heavy atom. The van der Waals surface area contributed by atoms with Crippen molar-refractivity contribution in [3.8, 4) is 0 Å². The molecule has 2 N–H and O–H groups in total. The fourth-order valence-electron chi connectivity index (χ4n) is 2.61. The molecule has 1 aliphatic rings. The lowest BCUT2D eigenvalue weighted by Crippen LogP contribution is -2.69. The van der Waals surface area contributed by atoms with Crippen LogP contribution in [0.5, 0.6) is 0 Å². The Kier molecular flexibility index (Phi) is 6.96. The molecule has 0 aromatic heterocycles. The van der Waals surface area contributed by atoms with Crippen LogP contribution in [0.2, 0.25) is 0 Å². The molecule has 0 aliphatic carbocycles. The summed E-state index contributed by atoms with van der Waals surface area (Å²) in [6.45, 7) is 10.7. The number of nitrogens with one attached hydrogen (secondary N) is 2. The smallest absolute Gasteiger partial charge is 0.220 e. The molecule has 0 aromatic rings. The van der Waals surface area contributed by atoms with E-state index < -0.39 is 0 Å². The van der Waals surface area contributed by atoms with Crippen LogP contribution in [0, 0.1) is 0 Å². The molecular weight excluding hydrogens is 252 g/mol. The van der Waals surface area contributed by atoms with E-state index in [1.54, 1.807) is 0 Å². The molecule has 1 heterocycles. The second-order valence-electron chi connectivity index (χ2n) is 7.09. The van der Waals surface area contributed by atoms with Crippen molar-refractivity contribution in [2.45, 2.75) is 77.3 Å². The van der Waals surface area contributed by atoms with E-state index in [-0.39, 0.29) is 17.0 Å². The van der Waals surface area contributed by atoms with E-state index >= 15 is 0 Å². The summed E-state index contributed by atoms with van der Waals surface area (Å²) in [5.41, 5.74) is -0.0369. The second kappa shape index (κ2) is 7.99. The van der Waals surface area contributed by atoms with Crippen LogP contribution in [0.1, 0.15) is 66.2 Å². The van der Waals surface area contributed by atoms with E-state index in [1.807, 2.05) is 0 Å². The van der Waals surface area contributed by atoms with Crippen LogP contribution < -0.4 is 10.6 Å². The first-order chi connectivity index (χ1) is 9.37. The molecule has 0 atom stereocenters. The zero-order valence-electron chi connectivity index (χ0n) is 13.7. The third-order valence-electron chi connectivity index (χ3n) is 3.53. The van der Waals surface area contributed by atoms with Crippen molar-refractivity contribution in [2.24, 2.45) is 0 Å². The first-order valence-electron chi connectivity index (χ1n) is 8.01. The predicted octanol–water partition coefficient (Wildman–Crippen LogP) is 2.62. The maximum absolute atomic E-state index is 11.8. The summed E-state index contributed by atoms with van der Waals surface area (Å²) in [5.74, 6) is 0.170. The van der Waals surface area contributed by atoms with E-state index in [0.717, 1.165) is 12.8 Å². The van der Waals surface area contributed by atoms with Gasteiger partial charge in [-0.05, 0) is 27.2 Å². The Morgan fingerprint density at radius 3 is 2.30 bits per heavy atom. The molecule has 1 fully saturated rings. The van der Waals surface area contributed by atoms with Crippen molar-refractivity contribution in [1.82, 2.24) is 10.6 Å². The van der Waals surface area contributed by atoms with Gasteiger partial charge in [-0.25, -0.2) is 0 Å². The van der Waals surface area contributed by atoms with Gasteiger partial charge in [-0.15, -0.1) is 0 Å². The zero-order valence-corrected chi connectivity index (χ0v) is 13.7. The van der Waals surface area contributed by atoms with Gasteiger partial charge in [-0.1, -0.05) is 32.6 Å². The van der Waals surface area contributed by atoms with Crippen molar-refractivity contribution >= 4 is 5.91 Å². The van der Waals surface area contributed by atoms with Gasteiger partial charge in [0, 0.05) is 18.5 Å². The van der Waals surface area contributed by atoms with Crippen molar-refractivity contribution in [3.63, 3.8) is 0 Å². The number of hydrogen-bond donors (Lipinski definition) is 2. The summed E-state index contributed by atoms with van der Waals surface area (Å²) < 4.78 is 5.33. The van der Waals surface area contributed by atoms with Crippen LogP contribution in [0.25, 0.3) is 0 Å². The minimum Gasteiger partial charge on any atom is -0.377 e. The van der Waals surface area contributed by atoms with Crippen LogP contribution >= 0.6 is 0 Å². The van der Waals surface area contributed by atoms with Crippen LogP contribution in [0.4, 0.5) is 0 Å². The molecule has 0 radical (unpaired) electrons. The molecule has 118 valence electrons. The third-order valence-corrected chi connectivity index (χ3v) is 3.53. The minimum absolute atomic E-state index is 0.0364. The van der Waals surface area contributed by atoms with E-state index in [4.69, 9.17) is 4.74 Å². The van der Waals surface area contributed by atoms with E-state index in [1.165, 1.54) is 19.3 Å². The first kappa shape index (κ1) is 17.4. The molecule has 1 rings (SSSR count). The van der Waals surface area contributed by atoms with Crippen molar-refractivity contribution < 1.29 is 9.53 Å². The highest BCUT2D eigenvalue weighted by atomic mass is 16.5. The van der Waals surface area contributed by atoms with Crippen LogP contribution in [0.3, 0.4) is 0 Å². The predicted molar refractivity (Wildman–Crippen MR) is 82.8 cm³/mol. The Balaban J connectivity index is 2.18. The first-order valence-corrected chi connectivity index (χ1v) is 8.01. The highest BCUT2D eigenvalue weighted by molar-refractivity contribution is 5.75. The standard InChI is InChI=1S/C16H32N2O2/c1-5-6-7-8-9-10-14(19)17-11-16(12-20-13-16)18-15(2,3)4/h18H,5-13H2,1-4H3,(H,17,19). The number of carbonyl (C=O) groups excluding carboxylic acids is 1. The summed E-state index contributed by atoms with van der Waals surface area (Å²) >= 11 is 0. The Morgan fingerprint density at radius 1 is 1.15 bits per heavy atom. The normalized spacial score (nSPS) is 17.6. The molecule has 1 aliphatic heterocycles.